The molecule has 3 rings (SSSR count). The average Bonchev–Trinajstić information content (AvgIpc) is 2.74. The third-order valence-corrected chi connectivity index (χ3v) is 7.43. The number of nitrogens with zero attached hydrogens (tertiary/aromatic N) is 2. The molecule has 0 unspecified atom stereocenters. The molecule has 1 amide bonds. The standard InChI is InChI=1S/C20H31N3O4S/c1-2-27-19-10-8-17(9-11-19)15-21-20(24)18-7-6-14-23(16-18)28(25,26)22-12-4-3-5-13-22/h8-11,18H,2-7,12-16H2,1H3,(H,21,24)/t18-/m1/s1. The van der Waals surface area contributed by atoms with Crippen molar-refractivity contribution in [3.8, 4) is 5.75 Å². The highest BCUT2D eigenvalue weighted by Gasteiger charge is 2.36. The van der Waals surface area contributed by atoms with Crippen LogP contribution < -0.4 is 10.1 Å². The van der Waals surface area contributed by atoms with Crippen LogP contribution in [0, 0.1) is 5.92 Å². The molecule has 2 saturated heterocycles. The van der Waals surface area contributed by atoms with Gasteiger partial charge < -0.3 is 10.1 Å². The maximum atomic E-state index is 12.9. The van der Waals surface area contributed by atoms with Crippen molar-refractivity contribution < 1.29 is 17.9 Å². The second-order valence-corrected chi connectivity index (χ2v) is 9.39. The van der Waals surface area contributed by atoms with Gasteiger partial charge in [0.05, 0.1) is 12.5 Å². The van der Waals surface area contributed by atoms with E-state index in [0.29, 0.717) is 39.2 Å². The van der Waals surface area contributed by atoms with E-state index >= 15 is 0 Å². The number of amides is 1. The Bertz CT molecular complexity index is 745. The molecular weight excluding hydrogens is 378 g/mol. The number of piperidine rings is 2. The third kappa shape index (κ3) is 5.24. The molecule has 0 saturated carbocycles. The summed E-state index contributed by atoms with van der Waals surface area (Å²) < 4.78 is 34.3. The highest BCUT2D eigenvalue weighted by Crippen LogP contribution is 2.23. The minimum absolute atomic E-state index is 0.0765. The summed E-state index contributed by atoms with van der Waals surface area (Å²) in [6.45, 7) is 4.94. The maximum absolute atomic E-state index is 12.9. The molecule has 0 radical (unpaired) electrons. The van der Waals surface area contributed by atoms with Crippen LogP contribution in [0.5, 0.6) is 5.75 Å². The van der Waals surface area contributed by atoms with Gasteiger partial charge in [0.25, 0.3) is 10.2 Å². The summed E-state index contributed by atoms with van der Waals surface area (Å²) in [5.41, 5.74) is 0.991. The topological polar surface area (TPSA) is 79.0 Å². The fourth-order valence-corrected chi connectivity index (χ4v) is 5.60. The number of benzene rings is 1. The van der Waals surface area contributed by atoms with Gasteiger partial charge in [0, 0.05) is 32.7 Å². The number of carbonyl (C=O) groups is 1. The van der Waals surface area contributed by atoms with Gasteiger partial charge in [0.15, 0.2) is 0 Å². The van der Waals surface area contributed by atoms with Gasteiger partial charge >= 0.3 is 0 Å². The van der Waals surface area contributed by atoms with Gasteiger partial charge in [-0.3, -0.25) is 4.79 Å². The number of carbonyl (C=O) groups excluding carboxylic acids is 1. The van der Waals surface area contributed by atoms with Gasteiger partial charge in [-0.15, -0.1) is 0 Å². The minimum Gasteiger partial charge on any atom is -0.494 e. The van der Waals surface area contributed by atoms with E-state index in [9.17, 15) is 13.2 Å². The lowest BCUT2D eigenvalue weighted by molar-refractivity contribution is -0.126. The molecule has 2 heterocycles. The fourth-order valence-electron chi connectivity index (χ4n) is 3.83. The van der Waals surface area contributed by atoms with Crippen molar-refractivity contribution in [2.45, 2.75) is 45.6 Å². The van der Waals surface area contributed by atoms with Crippen molar-refractivity contribution in [1.29, 1.82) is 0 Å². The Kier molecular flexibility index (Phi) is 7.31. The Morgan fingerprint density at radius 2 is 1.75 bits per heavy atom. The van der Waals surface area contributed by atoms with E-state index in [1.807, 2.05) is 31.2 Å². The predicted molar refractivity (Wildman–Crippen MR) is 108 cm³/mol. The zero-order chi connectivity index (χ0) is 20.0. The summed E-state index contributed by atoms with van der Waals surface area (Å²) in [5.74, 6) is 0.437. The summed E-state index contributed by atoms with van der Waals surface area (Å²) >= 11 is 0. The van der Waals surface area contributed by atoms with Crippen LogP contribution in [0.25, 0.3) is 0 Å². The second-order valence-electron chi connectivity index (χ2n) is 7.46. The van der Waals surface area contributed by atoms with E-state index in [-0.39, 0.29) is 18.4 Å². The van der Waals surface area contributed by atoms with E-state index in [2.05, 4.69) is 5.32 Å². The van der Waals surface area contributed by atoms with Crippen LogP contribution in [0.1, 0.15) is 44.6 Å². The molecule has 156 valence electrons. The zero-order valence-electron chi connectivity index (χ0n) is 16.6. The average molecular weight is 410 g/mol. The Hall–Kier alpha value is -1.64. The normalized spacial score (nSPS) is 22.0. The molecule has 0 bridgehead atoms. The van der Waals surface area contributed by atoms with E-state index in [1.54, 1.807) is 4.31 Å². The summed E-state index contributed by atoms with van der Waals surface area (Å²) in [4.78, 5) is 12.6. The maximum Gasteiger partial charge on any atom is 0.281 e. The molecule has 0 spiro atoms. The molecule has 2 fully saturated rings. The molecule has 2 aliphatic heterocycles. The SMILES string of the molecule is CCOc1ccc(CNC(=O)[C@@H]2CCCN(S(=O)(=O)N3CCCCC3)C2)cc1. The van der Waals surface area contributed by atoms with Crippen LogP contribution in [0.3, 0.4) is 0 Å². The molecule has 1 aromatic carbocycles. The van der Waals surface area contributed by atoms with Gasteiger partial charge in [0.1, 0.15) is 5.75 Å². The summed E-state index contributed by atoms with van der Waals surface area (Å²) in [7, 11) is -3.46. The van der Waals surface area contributed by atoms with E-state index in [1.165, 1.54) is 4.31 Å². The largest absolute Gasteiger partial charge is 0.494 e. The van der Waals surface area contributed by atoms with Crippen LogP contribution in [-0.2, 0) is 21.5 Å². The van der Waals surface area contributed by atoms with E-state index in [4.69, 9.17) is 4.74 Å². The number of hydrogen-bond donors (Lipinski definition) is 1. The molecule has 0 aromatic heterocycles. The van der Waals surface area contributed by atoms with E-state index in [0.717, 1.165) is 37.0 Å². The predicted octanol–water partition coefficient (Wildman–Crippen LogP) is 2.14. The first-order valence-corrected chi connectivity index (χ1v) is 11.6. The number of rotatable bonds is 7. The zero-order valence-corrected chi connectivity index (χ0v) is 17.4. The lowest BCUT2D eigenvalue weighted by atomic mass is 9.99. The molecule has 1 atom stereocenters. The molecular formula is C20H31N3O4S. The van der Waals surface area contributed by atoms with Crippen molar-refractivity contribution >= 4 is 16.1 Å². The lowest BCUT2D eigenvalue weighted by Crippen LogP contribution is -2.51. The molecule has 1 N–H and O–H groups in total. The smallest absolute Gasteiger partial charge is 0.281 e. The number of hydrogen-bond acceptors (Lipinski definition) is 4. The highest BCUT2D eigenvalue weighted by atomic mass is 32.2. The van der Waals surface area contributed by atoms with Gasteiger partial charge in [-0.2, -0.15) is 17.0 Å². The monoisotopic (exact) mass is 409 g/mol. The Morgan fingerprint density at radius 3 is 2.43 bits per heavy atom. The second kappa shape index (κ2) is 9.71. The van der Waals surface area contributed by atoms with E-state index < -0.39 is 10.2 Å². The highest BCUT2D eigenvalue weighted by molar-refractivity contribution is 7.86. The van der Waals surface area contributed by atoms with Crippen molar-refractivity contribution in [3.05, 3.63) is 29.8 Å². The first-order valence-electron chi connectivity index (χ1n) is 10.3. The molecule has 28 heavy (non-hydrogen) atoms. The Labute approximate surface area is 168 Å². The van der Waals surface area contributed by atoms with Crippen LogP contribution in [-0.4, -0.2) is 55.7 Å². The number of nitrogens with one attached hydrogen (secondary N) is 1. The van der Waals surface area contributed by atoms with Crippen LogP contribution in [0.2, 0.25) is 0 Å². The minimum atomic E-state index is -3.46. The molecule has 8 heteroatoms. The quantitative estimate of drug-likeness (QED) is 0.748. The molecule has 7 nitrogen and oxygen atoms in total. The molecule has 2 aliphatic rings. The third-order valence-electron chi connectivity index (χ3n) is 5.42. The van der Waals surface area contributed by atoms with Crippen molar-refractivity contribution in [3.63, 3.8) is 0 Å². The summed E-state index contributed by atoms with van der Waals surface area (Å²) in [6.07, 6.45) is 4.36. The van der Waals surface area contributed by atoms with Crippen LogP contribution in [0.15, 0.2) is 24.3 Å². The van der Waals surface area contributed by atoms with Gasteiger partial charge in [-0.1, -0.05) is 18.6 Å². The fraction of sp³-hybridized carbons (Fsp3) is 0.650. The molecule has 0 aliphatic carbocycles. The Balaban J connectivity index is 1.53. The van der Waals surface area contributed by atoms with Gasteiger partial charge in [0.2, 0.25) is 5.91 Å². The van der Waals surface area contributed by atoms with Gasteiger partial charge in [-0.05, 0) is 50.3 Å². The van der Waals surface area contributed by atoms with Crippen molar-refractivity contribution in [2.75, 3.05) is 32.8 Å². The lowest BCUT2D eigenvalue weighted by Gasteiger charge is -2.36. The summed E-state index contributed by atoms with van der Waals surface area (Å²) in [5, 5.41) is 2.96. The first-order chi connectivity index (χ1) is 13.5. The van der Waals surface area contributed by atoms with Crippen LogP contribution in [0.4, 0.5) is 0 Å². The van der Waals surface area contributed by atoms with Crippen LogP contribution >= 0.6 is 0 Å². The van der Waals surface area contributed by atoms with Crippen molar-refractivity contribution in [1.82, 2.24) is 13.9 Å². The number of ether oxygens (including phenoxy) is 1. The molecule has 1 aromatic rings. The Morgan fingerprint density at radius 1 is 1.07 bits per heavy atom. The van der Waals surface area contributed by atoms with Gasteiger partial charge in [-0.25, -0.2) is 0 Å². The first kappa shape index (κ1) is 21.1. The summed E-state index contributed by atoms with van der Waals surface area (Å²) in [6, 6.07) is 7.63. The van der Waals surface area contributed by atoms with Crippen molar-refractivity contribution in [2.24, 2.45) is 5.92 Å².